The first-order valence-corrected chi connectivity index (χ1v) is 3.65. The molecule has 6 N–H and O–H groups in total. The molecule has 1 heterocycles. The molecule has 0 aromatic heterocycles. The van der Waals surface area contributed by atoms with Gasteiger partial charge in [-0.25, -0.2) is 0 Å². The van der Waals surface area contributed by atoms with Gasteiger partial charge in [-0.15, -0.1) is 0 Å². The number of hydrogen-bond donors (Lipinski definition) is 5. The molecule has 12 heavy (non-hydrogen) atoms. The van der Waals surface area contributed by atoms with Crippen molar-refractivity contribution in [3.05, 3.63) is 0 Å². The third-order valence-corrected chi connectivity index (χ3v) is 1.90. The highest BCUT2D eigenvalue weighted by molar-refractivity contribution is 4.90. The second kappa shape index (κ2) is 3.65. The third kappa shape index (κ3) is 1.58. The van der Waals surface area contributed by atoms with E-state index in [0.717, 1.165) is 0 Å². The predicted octanol–water partition coefficient (Wildman–Crippen LogP) is -3.25. The van der Waals surface area contributed by atoms with Crippen molar-refractivity contribution in [2.75, 3.05) is 6.54 Å². The van der Waals surface area contributed by atoms with Crippen LogP contribution >= 0.6 is 0 Å². The van der Waals surface area contributed by atoms with E-state index < -0.39 is 30.7 Å². The van der Waals surface area contributed by atoms with Crippen LogP contribution in [-0.4, -0.2) is 57.7 Å². The Kier molecular flexibility index (Phi) is 2.99. The maximum absolute atomic E-state index is 9.18. The molecule has 6 heteroatoms. The maximum Gasteiger partial charge on any atom is 0.184 e. The van der Waals surface area contributed by atoms with Gasteiger partial charge in [-0.3, -0.25) is 0 Å². The second-order valence-electron chi connectivity index (χ2n) is 2.78. The Bertz CT molecular complexity index is 155. The van der Waals surface area contributed by atoms with Gasteiger partial charge in [0.15, 0.2) is 6.29 Å². The van der Waals surface area contributed by atoms with Gasteiger partial charge in [0.2, 0.25) is 0 Å². The van der Waals surface area contributed by atoms with E-state index in [1.165, 1.54) is 0 Å². The summed E-state index contributed by atoms with van der Waals surface area (Å²) in [4.78, 5) is 0. The van der Waals surface area contributed by atoms with E-state index in [0.29, 0.717) is 0 Å². The summed E-state index contributed by atoms with van der Waals surface area (Å²) in [7, 11) is 0. The van der Waals surface area contributed by atoms with Crippen LogP contribution in [0.5, 0.6) is 0 Å². The zero-order chi connectivity index (χ0) is 9.30. The lowest BCUT2D eigenvalue weighted by Crippen LogP contribution is -2.42. The van der Waals surface area contributed by atoms with Gasteiger partial charge in [0.05, 0.1) is 6.10 Å². The van der Waals surface area contributed by atoms with Crippen LogP contribution in [0.2, 0.25) is 0 Å². The molecule has 1 rings (SSSR count). The van der Waals surface area contributed by atoms with Gasteiger partial charge in [0, 0.05) is 6.54 Å². The molecule has 1 aliphatic heterocycles. The standard InChI is InChI=1S/C6H13NO5/c7-1-2(8)5-3(9)4(10)6(11)12-5/h2-6,8-11H,1,7H2. The first-order valence-electron chi connectivity index (χ1n) is 3.65. The van der Waals surface area contributed by atoms with Crippen LogP contribution in [-0.2, 0) is 4.74 Å². The van der Waals surface area contributed by atoms with E-state index in [-0.39, 0.29) is 6.54 Å². The predicted molar refractivity (Wildman–Crippen MR) is 38.0 cm³/mol. The van der Waals surface area contributed by atoms with Gasteiger partial charge >= 0.3 is 0 Å². The normalized spacial score (nSPS) is 44.8. The number of ether oxygens (including phenoxy) is 1. The lowest BCUT2D eigenvalue weighted by molar-refractivity contribution is -0.144. The Morgan fingerprint density at radius 2 is 1.83 bits per heavy atom. The van der Waals surface area contributed by atoms with Crippen LogP contribution < -0.4 is 5.73 Å². The van der Waals surface area contributed by atoms with Crippen LogP contribution in [0.3, 0.4) is 0 Å². The van der Waals surface area contributed by atoms with Crippen LogP contribution in [0.1, 0.15) is 0 Å². The van der Waals surface area contributed by atoms with E-state index >= 15 is 0 Å². The van der Waals surface area contributed by atoms with Gasteiger partial charge in [0.1, 0.15) is 18.3 Å². The number of rotatable bonds is 2. The highest BCUT2D eigenvalue weighted by Crippen LogP contribution is 2.21. The minimum atomic E-state index is -1.45. The summed E-state index contributed by atoms with van der Waals surface area (Å²) in [5.41, 5.74) is 5.10. The quantitative estimate of drug-likeness (QED) is 0.304. The SMILES string of the molecule is NCC(O)C1OC(O)C(O)C1O. The molecule has 0 amide bonds. The lowest BCUT2D eigenvalue weighted by atomic mass is 10.1. The smallest absolute Gasteiger partial charge is 0.184 e. The van der Waals surface area contributed by atoms with Crippen LogP contribution in [0.4, 0.5) is 0 Å². The summed E-state index contributed by atoms with van der Waals surface area (Å²) in [5.74, 6) is 0. The molecule has 1 aliphatic rings. The summed E-state index contributed by atoms with van der Waals surface area (Å²) in [6.45, 7) is -0.0961. The molecule has 0 aliphatic carbocycles. The molecular weight excluding hydrogens is 166 g/mol. The number of aliphatic hydroxyl groups is 4. The Morgan fingerprint density at radius 1 is 1.25 bits per heavy atom. The van der Waals surface area contributed by atoms with Crippen molar-refractivity contribution < 1.29 is 25.2 Å². The van der Waals surface area contributed by atoms with Gasteiger partial charge < -0.3 is 30.9 Å². The molecule has 0 spiro atoms. The van der Waals surface area contributed by atoms with Crippen molar-refractivity contribution in [1.29, 1.82) is 0 Å². The average Bonchev–Trinajstić information content (AvgIpc) is 2.32. The van der Waals surface area contributed by atoms with E-state index in [1.54, 1.807) is 0 Å². The maximum atomic E-state index is 9.18. The molecule has 72 valence electrons. The molecule has 5 atom stereocenters. The Labute approximate surface area is 69.2 Å². The molecule has 0 bridgehead atoms. The summed E-state index contributed by atoms with van der Waals surface area (Å²) in [6.07, 6.45) is -6.22. The van der Waals surface area contributed by atoms with Crippen LogP contribution in [0.15, 0.2) is 0 Å². The van der Waals surface area contributed by atoms with Crippen molar-refractivity contribution in [3.63, 3.8) is 0 Å². The molecule has 0 aromatic carbocycles. The topological polar surface area (TPSA) is 116 Å². The minimum Gasteiger partial charge on any atom is -0.389 e. The van der Waals surface area contributed by atoms with Crippen LogP contribution in [0.25, 0.3) is 0 Å². The summed E-state index contributed by atoms with van der Waals surface area (Å²) in [6, 6.07) is 0. The van der Waals surface area contributed by atoms with Crippen molar-refractivity contribution in [2.45, 2.75) is 30.7 Å². The summed E-state index contributed by atoms with van der Waals surface area (Å²) >= 11 is 0. The average molecular weight is 179 g/mol. The van der Waals surface area contributed by atoms with Crippen molar-refractivity contribution in [2.24, 2.45) is 5.73 Å². The Morgan fingerprint density at radius 3 is 2.17 bits per heavy atom. The zero-order valence-corrected chi connectivity index (χ0v) is 6.37. The monoisotopic (exact) mass is 179 g/mol. The summed E-state index contributed by atoms with van der Waals surface area (Å²) < 4.78 is 4.66. The fourth-order valence-corrected chi connectivity index (χ4v) is 1.14. The molecule has 6 nitrogen and oxygen atoms in total. The van der Waals surface area contributed by atoms with Gasteiger partial charge in [-0.05, 0) is 0 Å². The molecule has 1 saturated heterocycles. The van der Waals surface area contributed by atoms with Crippen molar-refractivity contribution in [3.8, 4) is 0 Å². The van der Waals surface area contributed by atoms with E-state index in [4.69, 9.17) is 21.1 Å². The highest BCUT2D eigenvalue weighted by atomic mass is 16.6. The van der Waals surface area contributed by atoms with Crippen molar-refractivity contribution in [1.82, 2.24) is 0 Å². The number of aliphatic hydroxyl groups excluding tert-OH is 4. The Balaban J connectivity index is 2.58. The highest BCUT2D eigenvalue weighted by Gasteiger charge is 2.44. The van der Waals surface area contributed by atoms with Crippen molar-refractivity contribution >= 4 is 0 Å². The zero-order valence-electron chi connectivity index (χ0n) is 6.37. The number of nitrogens with two attached hydrogens (primary N) is 1. The third-order valence-electron chi connectivity index (χ3n) is 1.90. The largest absolute Gasteiger partial charge is 0.389 e. The first-order chi connectivity index (χ1) is 5.57. The van der Waals surface area contributed by atoms with Gasteiger partial charge in [-0.1, -0.05) is 0 Å². The van der Waals surface area contributed by atoms with Gasteiger partial charge in [0.25, 0.3) is 0 Å². The molecule has 5 unspecified atom stereocenters. The number of hydrogen-bond acceptors (Lipinski definition) is 6. The fourth-order valence-electron chi connectivity index (χ4n) is 1.14. The molecule has 0 saturated carbocycles. The van der Waals surface area contributed by atoms with Crippen LogP contribution in [0, 0.1) is 0 Å². The first kappa shape index (κ1) is 9.85. The van der Waals surface area contributed by atoms with E-state index in [9.17, 15) is 5.11 Å². The van der Waals surface area contributed by atoms with E-state index in [1.807, 2.05) is 0 Å². The molecule has 0 aromatic rings. The molecule has 1 fully saturated rings. The molecular formula is C6H13NO5. The Hall–Kier alpha value is -0.240. The summed E-state index contributed by atoms with van der Waals surface area (Å²) in [5, 5.41) is 36.2. The second-order valence-corrected chi connectivity index (χ2v) is 2.78. The minimum absolute atomic E-state index is 0.0961. The lowest BCUT2D eigenvalue weighted by Gasteiger charge is -2.18. The fraction of sp³-hybridized carbons (Fsp3) is 1.00. The molecule has 0 radical (unpaired) electrons. The van der Waals surface area contributed by atoms with Gasteiger partial charge in [-0.2, -0.15) is 0 Å². The van der Waals surface area contributed by atoms with E-state index in [2.05, 4.69) is 4.74 Å².